The highest BCUT2D eigenvalue weighted by atomic mass is 16.2. The zero-order valence-electron chi connectivity index (χ0n) is 10.2. The van der Waals surface area contributed by atoms with Gasteiger partial charge in [0.05, 0.1) is 17.8 Å². The molecule has 1 saturated carbocycles. The highest BCUT2D eigenvalue weighted by Gasteiger charge is 2.43. The SMILES string of the molecule is O=C1NC2(CCCCC2)CN1c1ccc(=O)[nH]c1. The Kier molecular flexibility index (Phi) is 2.61. The lowest BCUT2D eigenvalue weighted by Gasteiger charge is -2.32. The Bertz CT molecular complexity index is 497. The van der Waals surface area contributed by atoms with Crippen molar-refractivity contribution in [2.45, 2.75) is 37.6 Å². The van der Waals surface area contributed by atoms with Gasteiger partial charge in [-0.25, -0.2) is 4.79 Å². The fraction of sp³-hybridized carbons (Fsp3) is 0.538. The number of aromatic amines is 1. The number of carbonyl (C=O) groups excluding carboxylic acids is 1. The van der Waals surface area contributed by atoms with Gasteiger partial charge in [-0.2, -0.15) is 0 Å². The van der Waals surface area contributed by atoms with Crippen LogP contribution in [0.2, 0.25) is 0 Å². The minimum atomic E-state index is -0.147. The van der Waals surface area contributed by atoms with Crippen molar-refractivity contribution < 1.29 is 4.79 Å². The standard InChI is InChI=1S/C13H17N3O2/c17-11-5-4-10(8-14-11)16-9-13(15-12(16)18)6-2-1-3-7-13/h4-5,8H,1-3,6-7,9H2,(H,14,17)(H,15,18). The Morgan fingerprint density at radius 3 is 2.56 bits per heavy atom. The van der Waals surface area contributed by atoms with Crippen molar-refractivity contribution >= 4 is 11.7 Å². The van der Waals surface area contributed by atoms with E-state index >= 15 is 0 Å². The van der Waals surface area contributed by atoms with Crippen LogP contribution in [0.3, 0.4) is 0 Å². The Labute approximate surface area is 105 Å². The van der Waals surface area contributed by atoms with Gasteiger partial charge in [-0.05, 0) is 18.9 Å². The average Bonchev–Trinajstić information content (AvgIpc) is 2.68. The molecule has 5 heteroatoms. The third-order valence-corrected chi connectivity index (χ3v) is 3.97. The number of nitrogens with zero attached hydrogens (tertiary/aromatic N) is 1. The van der Waals surface area contributed by atoms with Crippen molar-refractivity contribution in [1.82, 2.24) is 10.3 Å². The number of anilines is 1. The summed E-state index contributed by atoms with van der Waals surface area (Å²) in [6.07, 6.45) is 7.33. The highest BCUT2D eigenvalue weighted by Crippen LogP contribution is 2.34. The summed E-state index contributed by atoms with van der Waals surface area (Å²) in [7, 11) is 0. The molecule has 1 aliphatic heterocycles. The molecular weight excluding hydrogens is 230 g/mol. The van der Waals surface area contributed by atoms with Gasteiger partial charge in [-0.3, -0.25) is 9.69 Å². The number of hydrogen-bond donors (Lipinski definition) is 2. The van der Waals surface area contributed by atoms with Crippen LogP contribution in [0.1, 0.15) is 32.1 Å². The summed E-state index contributed by atoms with van der Waals surface area (Å²) in [6, 6.07) is 3.10. The Morgan fingerprint density at radius 1 is 1.11 bits per heavy atom. The molecule has 1 saturated heterocycles. The maximum absolute atomic E-state index is 12.1. The largest absolute Gasteiger partial charge is 0.330 e. The number of amides is 2. The normalized spacial score (nSPS) is 22.2. The van der Waals surface area contributed by atoms with Crippen molar-refractivity contribution in [2.24, 2.45) is 0 Å². The molecule has 1 aromatic heterocycles. The van der Waals surface area contributed by atoms with E-state index in [-0.39, 0.29) is 17.1 Å². The van der Waals surface area contributed by atoms with Crippen LogP contribution in [0, 0.1) is 0 Å². The average molecular weight is 247 g/mol. The monoisotopic (exact) mass is 247 g/mol. The van der Waals surface area contributed by atoms with Crippen LogP contribution >= 0.6 is 0 Å². The number of pyridine rings is 1. The molecule has 2 aliphatic rings. The number of hydrogen-bond acceptors (Lipinski definition) is 2. The summed E-state index contributed by atoms with van der Waals surface area (Å²) < 4.78 is 0. The molecule has 0 radical (unpaired) electrons. The second-order valence-corrected chi connectivity index (χ2v) is 5.27. The fourth-order valence-electron chi connectivity index (χ4n) is 3.00. The number of urea groups is 1. The second-order valence-electron chi connectivity index (χ2n) is 5.27. The van der Waals surface area contributed by atoms with Crippen molar-refractivity contribution in [1.29, 1.82) is 0 Å². The first kappa shape index (κ1) is 11.3. The van der Waals surface area contributed by atoms with Crippen molar-refractivity contribution in [3.05, 3.63) is 28.7 Å². The Hall–Kier alpha value is -1.78. The van der Waals surface area contributed by atoms with Crippen LogP contribution < -0.4 is 15.8 Å². The van der Waals surface area contributed by atoms with Crippen LogP contribution in [-0.2, 0) is 0 Å². The minimum absolute atomic E-state index is 0.0501. The van der Waals surface area contributed by atoms with E-state index in [4.69, 9.17) is 0 Å². The maximum Gasteiger partial charge on any atom is 0.322 e. The summed E-state index contributed by atoms with van der Waals surface area (Å²) in [6.45, 7) is 0.706. The van der Waals surface area contributed by atoms with Crippen molar-refractivity contribution in [3.63, 3.8) is 0 Å². The number of aromatic nitrogens is 1. The molecule has 18 heavy (non-hydrogen) atoms. The van der Waals surface area contributed by atoms with Crippen LogP contribution in [-0.4, -0.2) is 23.1 Å². The first-order chi connectivity index (χ1) is 8.69. The predicted octanol–water partition coefficient (Wildman–Crippen LogP) is 1.61. The van der Waals surface area contributed by atoms with Gasteiger partial charge in [-0.15, -0.1) is 0 Å². The number of nitrogens with one attached hydrogen (secondary N) is 2. The molecule has 2 fully saturated rings. The molecule has 2 heterocycles. The maximum atomic E-state index is 12.1. The molecule has 96 valence electrons. The van der Waals surface area contributed by atoms with E-state index in [2.05, 4.69) is 10.3 Å². The molecule has 3 rings (SSSR count). The van der Waals surface area contributed by atoms with E-state index in [0.717, 1.165) is 18.5 Å². The first-order valence-electron chi connectivity index (χ1n) is 6.47. The number of carbonyl (C=O) groups is 1. The molecule has 0 atom stereocenters. The van der Waals surface area contributed by atoms with Crippen LogP contribution in [0.4, 0.5) is 10.5 Å². The topological polar surface area (TPSA) is 65.2 Å². The minimum Gasteiger partial charge on any atom is -0.330 e. The molecule has 0 unspecified atom stereocenters. The molecular formula is C13H17N3O2. The van der Waals surface area contributed by atoms with Gasteiger partial charge in [0.15, 0.2) is 0 Å². The Balaban J connectivity index is 1.84. The molecule has 2 N–H and O–H groups in total. The fourth-order valence-corrected chi connectivity index (χ4v) is 3.00. The summed E-state index contributed by atoms with van der Waals surface area (Å²) in [4.78, 5) is 27.4. The zero-order valence-corrected chi connectivity index (χ0v) is 10.2. The lowest BCUT2D eigenvalue weighted by atomic mass is 9.82. The number of H-pyrrole nitrogens is 1. The van der Waals surface area contributed by atoms with Crippen LogP contribution in [0.5, 0.6) is 0 Å². The van der Waals surface area contributed by atoms with E-state index in [9.17, 15) is 9.59 Å². The van der Waals surface area contributed by atoms with E-state index < -0.39 is 0 Å². The van der Waals surface area contributed by atoms with E-state index in [0.29, 0.717) is 6.54 Å². The molecule has 0 aromatic carbocycles. The lowest BCUT2D eigenvalue weighted by molar-refractivity contribution is 0.237. The Morgan fingerprint density at radius 2 is 1.89 bits per heavy atom. The van der Waals surface area contributed by atoms with Gasteiger partial charge in [-0.1, -0.05) is 19.3 Å². The van der Waals surface area contributed by atoms with Gasteiger partial charge in [0.1, 0.15) is 0 Å². The summed E-state index contributed by atoms with van der Waals surface area (Å²) in [5, 5.41) is 3.13. The van der Waals surface area contributed by atoms with Gasteiger partial charge >= 0.3 is 6.03 Å². The highest BCUT2D eigenvalue weighted by molar-refractivity contribution is 5.95. The van der Waals surface area contributed by atoms with Crippen LogP contribution in [0.25, 0.3) is 0 Å². The van der Waals surface area contributed by atoms with Crippen LogP contribution in [0.15, 0.2) is 23.1 Å². The van der Waals surface area contributed by atoms with E-state index in [1.54, 1.807) is 17.2 Å². The molecule has 1 spiro atoms. The third-order valence-electron chi connectivity index (χ3n) is 3.97. The molecule has 5 nitrogen and oxygen atoms in total. The molecule has 0 bridgehead atoms. The quantitative estimate of drug-likeness (QED) is 0.791. The first-order valence-corrected chi connectivity index (χ1v) is 6.47. The van der Waals surface area contributed by atoms with E-state index in [1.165, 1.54) is 25.3 Å². The van der Waals surface area contributed by atoms with Gasteiger partial charge in [0.2, 0.25) is 5.56 Å². The molecule has 2 amide bonds. The van der Waals surface area contributed by atoms with Gasteiger partial charge < -0.3 is 10.3 Å². The summed E-state index contributed by atoms with van der Waals surface area (Å²) in [5.74, 6) is 0. The van der Waals surface area contributed by atoms with Gasteiger partial charge in [0.25, 0.3) is 0 Å². The van der Waals surface area contributed by atoms with E-state index in [1.807, 2.05) is 0 Å². The smallest absolute Gasteiger partial charge is 0.322 e. The summed E-state index contributed by atoms with van der Waals surface area (Å²) in [5.41, 5.74) is 0.561. The zero-order chi connectivity index (χ0) is 12.6. The predicted molar refractivity (Wildman–Crippen MR) is 68.8 cm³/mol. The third kappa shape index (κ3) is 1.89. The lowest BCUT2D eigenvalue weighted by Crippen LogP contribution is -2.44. The number of rotatable bonds is 1. The molecule has 1 aliphatic carbocycles. The van der Waals surface area contributed by atoms with Crippen molar-refractivity contribution in [3.8, 4) is 0 Å². The second kappa shape index (κ2) is 4.15. The molecule has 1 aromatic rings. The van der Waals surface area contributed by atoms with Gasteiger partial charge in [0, 0.05) is 12.3 Å². The summed E-state index contributed by atoms with van der Waals surface area (Å²) >= 11 is 0. The van der Waals surface area contributed by atoms with Crippen molar-refractivity contribution in [2.75, 3.05) is 11.4 Å².